The minimum atomic E-state index is -0.717. The Hall–Kier alpha value is -3.74. The molecule has 0 aromatic heterocycles. The molecule has 0 radical (unpaired) electrons. The van der Waals surface area contributed by atoms with E-state index in [0.717, 1.165) is 33.4 Å². The summed E-state index contributed by atoms with van der Waals surface area (Å²) in [5.74, 6) is 0. The fraction of sp³-hybridized carbons (Fsp3) is 0.200. The molecule has 0 fully saturated rings. The van der Waals surface area contributed by atoms with Crippen LogP contribution in [0, 0.1) is 0 Å². The van der Waals surface area contributed by atoms with Crippen LogP contribution in [0.1, 0.15) is 22.3 Å². The SMILES string of the molecule is COC1(c2ccc(Cl)cc2)C=CC(OC)(c2ccc(-c3ccc(C4(OC)C=CC(OC)(c5ccc(Cl)cc5)C=C4)cc3)cc2)C=C1. The Kier molecular flexibility index (Phi) is 8.97. The number of rotatable bonds is 9. The molecule has 0 saturated carbocycles. The number of ether oxygens (including phenoxy) is 4. The highest BCUT2D eigenvalue weighted by Crippen LogP contribution is 2.42. The summed E-state index contributed by atoms with van der Waals surface area (Å²) in [5, 5.41) is 1.37. The van der Waals surface area contributed by atoms with E-state index in [0.29, 0.717) is 10.0 Å². The summed E-state index contributed by atoms with van der Waals surface area (Å²) in [7, 11) is 6.84. The highest BCUT2D eigenvalue weighted by atomic mass is 35.5. The summed E-state index contributed by atoms with van der Waals surface area (Å²) in [6.07, 6.45) is 16.4. The summed E-state index contributed by atoms with van der Waals surface area (Å²) in [6, 6.07) is 32.3. The number of halogens is 2. The van der Waals surface area contributed by atoms with Crippen LogP contribution in [0.2, 0.25) is 10.0 Å². The zero-order valence-electron chi connectivity index (χ0n) is 26.2. The van der Waals surface area contributed by atoms with Gasteiger partial charge < -0.3 is 18.9 Å². The molecule has 2 aliphatic carbocycles. The fourth-order valence-corrected chi connectivity index (χ4v) is 6.52. The number of hydrogen-bond acceptors (Lipinski definition) is 4. The first kappa shape index (κ1) is 32.2. The lowest BCUT2D eigenvalue weighted by atomic mass is 9.80. The molecular weight excluding hydrogens is 615 g/mol. The van der Waals surface area contributed by atoms with Crippen molar-refractivity contribution in [3.05, 3.63) is 178 Å². The minimum Gasteiger partial charge on any atom is -0.365 e. The predicted octanol–water partition coefficient (Wildman–Crippen LogP) is 9.68. The van der Waals surface area contributed by atoms with Crippen LogP contribution in [0.5, 0.6) is 0 Å². The molecule has 0 spiro atoms. The molecular formula is C40H36Cl2O4. The van der Waals surface area contributed by atoms with Gasteiger partial charge in [-0.15, -0.1) is 0 Å². The van der Waals surface area contributed by atoms with Gasteiger partial charge in [-0.25, -0.2) is 0 Å². The van der Waals surface area contributed by atoms with Gasteiger partial charge in [0.25, 0.3) is 0 Å². The third kappa shape index (κ3) is 5.71. The topological polar surface area (TPSA) is 36.9 Å². The van der Waals surface area contributed by atoms with Crippen molar-refractivity contribution in [1.82, 2.24) is 0 Å². The molecule has 0 heterocycles. The van der Waals surface area contributed by atoms with Crippen molar-refractivity contribution in [2.45, 2.75) is 22.4 Å². The maximum Gasteiger partial charge on any atom is 0.129 e. The monoisotopic (exact) mass is 650 g/mol. The Morgan fingerprint density at radius 1 is 0.326 bits per heavy atom. The van der Waals surface area contributed by atoms with Crippen molar-refractivity contribution >= 4 is 23.2 Å². The summed E-state index contributed by atoms with van der Waals surface area (Å²) < 4.78 is 24.1. The number of hydrogen-bond donors (Lipinski definition) is 0. The summed E-state index contributed by atoms with van der Waals surface area (Å²) in [6.45, 7) is 0. The van der Waals surface area contributed by atoms with Crippen LogP contribution in [0.3, 0.4) is 0 Å². The number of methoxy groups -OCH3 is 4. The second-order valence-corrected chi connectivity index (χ2v) is 12.4. The van der Waals surface area contributed by atoms with Crippen LogP contribution in [-0.2, 0) is 41.4 Å². The largest absolute Gasteiger partial charge is 0.365 e. The van der Waals surface area contributed by atoms with Crippen molar-refractivity contribution in [3.8, 4) is 11.1 Å². The molecule has 0 bridgehead atoms. The quantitative estimate of drug-likeness (QED) is 0.169. The zero-order chi connectivity index (χ0) is 32.4. The Morgan fingerprint density at radius 3 is 0.717 bits per heavy atom. The van der Waals surface area contributed by atoms with Crippen molar-refractivity contribution < 1.29 is 18.9 Å². The molecule has 4 aromatic rings. The standard InChI is InChI=1S/C40H36Cl2O4/c1-43-37(21-25-39(45-3,26-22-37)33-13-17-35(41)18-14-33)31-9-5-29(6-10-31)30-7-11-32(12-8-30)38(44-2)23-27-40(46-4,28-24-38)34-15-19-36(42)20-16-34/h5-28H,1-4H3. The van der Waals surface area contributed by atoms with Gasteiger partial charge in [0.2, 0.25) is 0 Å². The Balaban J connectivity index is 1.22. The lowest BCUT2D eigenvalue weighted by Gasteiger charge is -2.36. The molecule has 2 aliphatic rings. The van der Waals surface area contributed by atoms with Crippen molar-refractivity contribution in [2.75, 3.05) is 28.4 Å². The molecule has 0 aliphatic heterocycles. The molecule has 6 rings (SSSR count). The van der Waals surface area contributed by atoms with Gasteiger partial charge in [0, 0.05) is 38.5 Å². The van der Waals surface area contributed by atoms with Gasteiger partial charge in [0.1, 0.15) is 22.4 Å². The molecule has 234 valence electrons. The molecule has 0 unspecified atom stereocenters. The third-order valence-electron chi connectivity index (χ3n) is 9.26. The number of benzene rings is 4. The van der Waals surface area contributed by atoms with Crippen LogP contribution in [0.15, 0.2) is 146 Å². The first-order valence-corrected chi connectivity index (χ1v) is 15.8. The Bertz CT molecular complexity index is 1620. The highest BCUT2D eigenvalue weighted by molar-refractivity contribution is 6.30. The first-order valence-electron chi connectivity index (χ1n) is 15.0. The zero-order valence-corrected chi connectivity index (χ0v) is 27.8. The van der Waals surface area contributed by atoms with Crippen LogP contribution in [0.4, 0.5) is 0 Å². The molecule has 6 heteroatoms. The fourth-order valence-electron chi connectivity index (χ4n) is 6.27. The summed E-state index contributed by atoms with van der Waals surface area (Å²) in [4.78, 5) is 0. The lowest BCUT2D eigenvalue weighted by Crippen LogP contribution is -2.33. The minimum absolute atomic E-state index is 0.684. The van der Waals surface area contributed by atoms with Crippen LogP contribution >= 0.6 is 23.2 Å². The second kappa shape index (κ2) is 12.8. The van der Waals surface area contributed by atoms with E-state index >= 15 is 0 Å². The van der Waals surface area contributed by atoms with Gasteiger partial charge in [0.15, 0.2) is 0 Å². The normalized spacial score (nSPS) is 26.8. The van der Waals surface area contributed by atoms with E-state index in [4.69, 9.17) is 42.1 Å². The Morgan fingerprint density at radius 2 is 0.522 bits per heavy atom. The predicted molar refractivity (Wildman–Crippen MR) is 186 cm³/mol. The van der Waals surface area contributed by atoms with E-state index in [1.165, 1.54) is 0 Å². The molecule has 46 heavy (non-hydrogen) atoms. The molecule has 0 amide bonds. The smallest absolute Gasteiger partial charge is 0.129 e. The van der Waals surface area contributed by atoms with E-state index in [2.05, 4.69) is 72.8 Å². The van der Waals surface area contributed by atoms with Gasteiger partial charge in [0.05, 0.1) is 0 Å². The molecule has 0 N–H and O–H groups in total. The Labute approximate surface area is 281 Å². The van der Waals surface area contributed by atoms with Gasteiger partial charge >= 0.3 is 0 Å². The summed E-state index contributed by atoms with van der Waals surface area (Å²) in [5.41, 5.74) is 3.38. The maximum atomic E-state index is 6.12. The lowest BCUT2D eigenvalue weighted by molar-refractivity contribution is 0.0421. The first-order chi connectivity index (χ1) is 22.2. The van der Waals surface area contributed by atoms with Crippen LogP contribution in [-0.4, -0.2) is 28.4 Å². The molecule has 4 nitrogen and oxygen atoms in total. The van der Waals surface area contributed by atoms with Gasteiger partial charge in [-0.3, -0.25) is 0 Å². The van der Waals surface area contributed by atoms with E-state index in [1.807, 2.05) is 72.8 Å². The molecule has 4 aromatic carbocycles. The van der Waals surface area contributed by atoms with Crippen LogP contribution in [0.25, 0.3) is 11.1 Å². The van der Waals surface area contributed by atoms with E-state index in [1.54, 1.807) is 28.4 Å². The molecule has 0 atom stereocenters. The molecule has 0 saturated heterocycles. The van der Waals surface area contributed by atoms with E-state index < -0.39 is 22.4 Å². The van der Waals surface area contributed by atoms with Gasteiger partial charge in [-0.1, -0.05) is 96.0 Å². The van der Waals surface area contributed by atoms with Crippen molar-refractivity contribution in [2.24, 2.45) is 0 Å². The second-order valence-electron chi connectivity index (χ2n) is 11.5. The highest BCUT2D eigenvalue weighted by Gasteiger charge is 2.38. The van der Waals surface area contributed by atoms with Gasteiger partial charge in [-0.2, -0.15) is 0 Å². The van der Waals surface area contributed by atoms with E-state index in [-0.39, 0.29) is 0 Å². The third-order valence-corrected chi connectivity index (χ3v) is 9.77. The van der Waals surface area contributed by atoms with Crippen LogP contribution < -0.4 is 0 Å². The van der Waals surface area contributed by atoms with Crippen molar-refractivity contribution in [1.29, 1.82) is 0 Å². The maximum absolute atomic E-state index is 6.12. The van der Waals surface area contributed by atoms with E-state index in [9.17, 15) is 0 Å². The summed E-state index contributed by atoms with van der Waals surface area (Å²) >= 11 is 12.2. The average Bonchev–Trinajstić information content (AvgIpc) is 3.12. The van der Waals surface area contributed by atoms with Gasteiger partial charge in [-0.05, 0) is 106 Å². The average molecular weight is 652 g/mol. The van der Waals surface area contributed by atoms with Crippen molar-refractivity contribution in [3.63, 3.8) is 0 Å².